The van der Waals surface area contributed by atoms with Gasteiger partial charge in [-0.2, -0.15) is 0 Å². The predicted octanol–water partition coefficient (Wildman–Crippen LogP) is 2.55. The summed E-state index contributed by atoms with van der Waals surface area (Å²) in [5, 5.41) is 0. The van der Waals surface area contributed by atoms with Crippen molar-refractivity contribution in [2.75, 3.05) is 5.73 Å². The fourth-order valence-corrected chi connectivity index (χ4v) is 1.42. The van der Waals surface area contributed by atoms with Crippen LogP contribution in [0.3, 0.4) is 0 Å². The third-order valence-electron chi connectivity index (χ3n) is 2.33. The molecule has 1 aromatic carbocycles. The third-order valence-corrected chi connectivity index (χ3v) is 2.33. The molecule has 16 heavy (non-hydrogen) atoms. The van der Waals surface area contributed by atoms with Gasteiger partial charge in [0.15, 0.2) is 0 Å². The quantitative estimate of drug-likeness (QED) is 0.854. The molecule has 2 rings (SSSR count). The van der Waals surface area contributed by atoms with Crippen LogP contribution in [0.15, 0.2) is 42.7 Å². The molecule has 0 aliphatic rings. The average molecular weight is 214 g/mol. The van der Waals surface area contributed by atoms with Gasteiger partial charge in [-0.1, -0.05) is 12.1 Å². The van der Waals surface area contributed by atoms with Crippen LogP contribution < -0.4 is 10.5 Å². The molecule has 3 heteroatoms. The van der Waals surface area contributed by atoms with Gasteiger partial charge >= 0.3 is 0 Å². The summed E-state index contributed by atoms with van der Waals surface area (Å²) in [5.41, 5.74) is 8.59. The maximum atomic E-state index is 5.79. The second kappa shape index (κ2) is 4.66. The SMILES string of the molecule is Cc1cccc(OCc2cnccc2N)c1. The summed E-state index contributed by atoms with van der Waals surface area (Å²) in [4.78, 5) is 4.02. The molecule has 3 nitrogen and oxygen atoms in total. The lowest BCUT2D eigenvalue weighted by molar-refractivity contribution is 0.306. The van der Waals surface area contributed by atoms with Crippen molar-refractivity contribution in [1.29, 1.82) is 0 Å². The van der Waals surface area contributed by atoms with Crippen LogP contribution in [0.4, 0.5) is 5.69 Å². The number of nitrogen functional groups attached to an aromatic ring is 1. The van der Waals surface area contributed by atoms with E-state index in [0.717, 1.165) is 11.3 Å². The Kier molecular flexibility index (Phi) is 3.05. The van der Waals surface area contributed by atoms with Crippen molar-refractivity contribution in [3.05, 3.63) is 53.9 Å². The van der Waals surface area contributed by atoms with Crippen molar-refractivity contribution in [2.45, 2.75) is 13.5 Å². The molecule has 1 heterocycles. The Bertz CT molecular complexity index is 483. The lowest BCUT2D eigenvalue weighted by Crippen LogP contribution is -2.00. The van der Waals surface area contributed by atoms with Crippen molar-refractivity contribution in [3.8, 4) is 5.75 Å². The van der Waals surface area contributed by atoms with Gasteiger partial charge in [-0.05, 0) is 30.7 Å². The Morgan fingerprint density at radius 1 is 1.31 bits per heavy atom. The first-order chi connectivity index (χ1) is 7.75. The topological polar surface area (TPSA) is 48.1 Å². The fourth-order valence-electron chi connectivity index (χ4n) is 1.42. The van der Waals surface area contributed by atoms with E-state index in [9.17, 15) is 0 Å². The van der Waals surface area contributed by atoms with Crippen molar-refractivity contribution in [2.24, 2.45) is 0 Å². The number of anilines is 1. The molecule has 0 unspecified atom stereocenters. The molecule has 2 N–H and O–H groups in total. The van der Waals surface area contributed by atoms with Crippen molar-refractivity contribution in [3.63, 3.8) is 0 Å². The molecule has 0 fully saturated rings. The predicted molar refractivity (Wildman–Crippen MR) is 64.2 cm³/mol. The van der Waals surface area contributed by atoms with Gasteiger partial charge in [0.05, 0.1) is 0 Å². The van der Waals surface area contributed by atoms with Gasteiger partial charge in [-0.15, -0.1) is 0 Å². The number of benzene rings is 1. The number of rotatable bonds is 3. The van der Waals surface area contributed by atoms with E-state index < -0.39 is 0 Å². The van der Waals surface area contributed by atoms with Gasteiger partial charge in [-0.25, -0.2) is 0 Å². The van der Waals surface area contributed by atoms with Crippen LogP contribution in [-0.4, -0.2) is 4.98 Å². The van der Waals surface area contributed by atoms with Crippen LogP contribution in [-0.2, 0) is 6.61 Å². The molecule has 0 aliphatic carbocycles. The minimum Gasteiger partial charge on any atom is -0.489 e. The van der Waals surface area contributed by atoms with Gasteiger partial charge in [0.25, 0.3) is 0 Å². The number of nitrogens with zero attached hydrogens (tertiary/aromatic N) is 1. The number of hydrogen-bond donors (Lipinski definition) is 1. The molecule has 0 spiro atoms. The highest BCUT2D eigenvalue weighted by Gasteiger charge is 2.00. The highest BCUT2D eigenvalue weighted by molar-refractivity contribution is 5.44. The van der Waals surface area contributed by atoms with Crippen LogP contribution >= 0.6 is 0 Å². The molecule has 0 atom stereocenters. The van der Waals surface area contributed by atoms with Crippen LogP contribution in [0.25, 0.3) is 0 Å². The standard InChI is InChI=1S/C13H14N2O/c1-10-3-2-4-12(7-10)16-9-11-8-15-6-5-13(11)14/h2-8H,9H2,1H3,(H2,14,15). The number of hydrogen-bond acceptors (Lipinski definition) is 3. The van der Waals surface area contributed by atoms with Crippen LogP contribution in [0.2, 0.25) is 0 Å². The van der Waals surface area contributed by atoms with Gasteiger partial charge in [0.1, 0.15) is 12.4 Å². The monoisotopic (exact) mass is 214 g/mol. The Morgan fingerprint density at radius 2 is 2.19 bits per heavy atom. The normalized spacial score (nSPS) is 10.1. The summed E-state index contributed by atoms with van der Waals surface area (Å²) >= 11 is 0. The van der Waals surface area contributed by atoms with Crippen molar-refractivity contribution >= 4 is 5.69 Å². The lowest BCUT2D eigenvalue weighted by Gasteiger charge is -2.08. The van der Waals surface area contributed by atoms with E-state index in [2.05, 4.69) is 4.98 Å². The maximum Gasteiger partial charge on any atom is 0.120 e. The van der Waals surface area contributed by atoms with E-state index in [1.165, 1.54) is 5.56 Å². The van der Waals surface area contributed by atoms with Gasteiger partial charge in [0, 0.05) is 23.6 Å². The molecule has 0 radical (unpaired) electrons. The molecule has 2 aromatic rings. The second-order valence-corrected chi connectivity index (χ2v) is 3.68. The summed E-state index contributed by atoms with van der Waals surface area (Å²) in [5.74, 6) is 0.850. The summed E-state index contributed by atoms with van der Waals surface area (Å²) in [6.07, 6.45) is 3.40. The third kappa shape index (κ3) is 2.51. The zero-order valence-electron chi connectivity index (χ0n) is 9.18. The van der Waals surface area contributed by atoms with E-state index in [1.807, 2.05) is 31.2 Å². The van der Waals surface area contributed by atoms with Crippen LogP contribution in [0.5, 0.6) is 5.75 Å². The molecule has 0 saturated heterocycles. The van der Waals surface area contributed by atoms with E-state index in [-0.39, 0.29) is 0 Å². The molecular weight excluding hydrogens is 200 g/mol. The highest BCUT2D eigenvalue weighted by atomic mass is 16.5. The molecule has 0 amide bonds. The minimum absolute atomic E-state index is 0.448. The molecular formula is C13H14N2O. The maximum absolute atomic E-state index is 5.79. The first kappa shape index (κ1) is 10.5. The zero-order valence-corrected chi connectivity index (χ0v) is 9.18. The summed E-state index contributed by atoms with van der Waals surface area (Å²) < 4.78 is 5.63. The number of aryl methyl sites for hydroxylation is 1. The second-order valence-electron chi connectivity index (χ2n) is 3.68. The van der Waals surface area contributed by atoms with Gasteiger partial charge < -0.3 is 10.5 Å². The Balaban J connectivity index is 2.05. The summed E-state index contributed by atoms with van der Waals surface area (Å²) in [7, 11) is 0. The first-order valence-electron chi connectivity index (χ1n) is 5.13. The van der Waals surface area contributed by atoms with Crippen molar-refractivity contribution in [1.82, 2.24) is 4.98 Å². The summed E-state index contributed by atoms with van der Waals surface area (Å²) in [6, 6.07) is 9.70. The van der Waals surface area contributed by atoms with Crippen LogP contribution in [0, 0.1) is 6.92 Å². The van der Waals surface area contributed by atoms with Gasteiger partial charge in [0.2, 0.25) is 0 Å². The van der Waals surface area contributed by atoms with Crippen LogP contribution in [0.1, 0.15) is 11.1 Å². The Morgan fingerprint density at radius 3 is 2.94 bits per heavy atom. The smallest absolute Gasteiger partial charge is 0.120 e. The molecule has 1 aromatic heterocycles. The Hall–Kier alpha value is -2.03. The molecule has 0 aliphatic heterocycles. The van der Waals surface area contributed by atoms with E-state index in [0.29, 0.717) is 12.3 Å². The number of aromatic nitrogens is 1. The molecule has 0 saturated carbocycles. The van der Waals surface area contributed by atoms with Gasteiger partial charge in [-0.3, -0.25) is 4.98 Å². The van der Waals surface area contributed by atoms with E-state index in [1.54, 1.807) is 18.5 Å². The van der Waals surface area contributed by atoms with Crippen molar-refractivity contribution < 1.29 is 4.74 Å². The molecule has 82 valence electrons. The summed E-state index contributed by atoms with van der Waals surface area (Å²) in [6.45, 7) is 2.48. The minimum atomic E-state index is 0.448. The molecule has 0 bridgehead atoms. The number of nitrogens with two attached hydrogens (primary N) is 1. The Labute approximate surface area is 94.9 Å². The van der Waals surface area contributed by atoms with E-state index in [4.69, 9.17) is 10.5 Å². The number of pyridine rings is 1. The van der Waals surface area contributed by atoms with E-state index >= 15 is 0 Å². The number of ether oxygens (including phenoxy) is 1. The largest absolute Gasteiger partial charge is 0.489 e. The zero-order chi connectivity index (χ0) is 11.4. The lowest BCUT2D eigenvalue weighted by atomic mass is 10.2. The average Bonchev–Trinajstić information content (AvgIpc) is 2.28. The highest BCUT2D eigenvalue weighted by Crippen LogP contribution is 2.16. The fraction of sp³-hybridized carbons (Fsp3) is 0.154. The first-order valence-corrected chi connectivity index (χ1v) is 5.13.